The van der Waals surface area contributed by atoms with Gasteiger partial charge in [0.2, 0.25) is 0 Å². The van der Waals surface area contributed by atoms with Gasteiger partial charge in [-0.3, -0.25) is 9.67 Å². The van der Waals surface area contributed by atoms with Crippen molar-refractivity contribution < 1.29 is 8.78 Å². The fourth-order valence-corrected chi connectivity index (χ4v) is 6.63. The third-order valence-electron chi connectivity index (χ3n) is 8.91. The van der Waals surface area contributed by atoms with Crippen LogP contribution in [0.15, 0.2) is 54.9 Å². The second-order valence-corrected chi connectivity index (χ2v) is 11.2. The molecule has 0 aliphatic heterocycles. The maximum absolute atomic E-state index is 14.5. The van der Waals surface area contributed by atoms with Crippen molar-refractivity contribution in [2.75, 3.05) is 0 Å². The molecule has 0 N–H and O–H groups in total. The van der Waals surface area contributed by atoms with Gasteiger partial charge in [-0.1, -0.05) is 46.2 Å². The summed E-state index contributed by atoms with van der Waals surface area (Å²) in [5.74, 6) is -0.502. The Labute approximate surface area is 216 Å². The third kappa shape index (κ3) is 3.46. The summed E-state index contributed by atoms with van der Waals surface area (Å²) in [4.78, 5) is 5.17. The van der Waals surface area contributed by atoms with Crippen molar-refractivity contribution in [3.63, 3.8) is 0 Å². The van der Waals surface area contributed by atoms with Gasteiger partial charge in [0.25, 0.3) is 0 Å². The molecule has 1 saturated carbocycles. The molecule has 0 radical (unpaired) electrons. The summed E-state index contributed by atoms with van der Waals surface area (Å²) >= 11 is 0. The van der Waals surface area contributed by atoms with E-state index in [9.17, 15) is 8.78 Å². The largest absolute Gasteiger partial charge is 0.272 e. The van der Waals surface area contributed by atoms with Crippen molar-refractivity contribution >= 4 is 0 Å². The van der Waals surface area contributed by atoms with E-state index in [0.717, 1.165) is 54.0 Å². The minimum Gasteiger partial charge on any atom is -0.272 e. The summed E-state index contributed by atoms with van der Waals surface area (Å²) in [6, 6.07) is 11.9. The molecule has 190 valence electrons. The average molecular weight is 500 g/mol. The lowest BCUT2D eigenvalue weighted by Gasteiger charge is -2.37. The van der Waals surface area contributed by atoms with Crippen LogP contribution in [0.5, 0.6) is 0 Å². The Morgan fingerprint density at radius 3 is 2.57 bits per heavy atom. The van der Waals surface area contributed by atoms with Crippen LogP contribution in [-0.2, 0) is 12.0 Å². The fraction of sp³-hybridized carbons (Fsp3) is 0.400. The van der Waals surface area contributed by atoms with E-state index in [1.165, 1.54) is 18.2 Å². The number of nitrogens with zero attached hydrogens (tertiary/aromatic N) is 5. The minimum absolute atomic E-state index is 0.123. The lowest BCUT2D eigenvalue weighted by atomic mass is 9.66. The highest BCUT2D eigenvalue weighted by Crippen LogP contribution is 2.69. The molecule has 1 fully saturated rings. The number of hydrogen-bond donors (Lipinski definition) is 0. The zero-order valence-corrected chi connectivity index (χ0v) is 21.7. The normalized spacial score (nSPS) is 22.3. The SMILES string of the molecule is CC[C@H](C)Cn1cc(-c2cccc([C@@]34CC[C@@H](c5cc(-c6c(F)cccc6F)nnc53)C4(C)C)n2)cn1. The van der Waals surface area contributed by atoms with Crippen LogP contribution in [-0.4, -0.2) is 25.0 Å². The van der Waals surface area contributed by atoms with Gasteiger partial charge < -0.3 is 0 Å². The highest BCUT2D eigenvalue weighted by Gasteiger charge is 2.65. The summed E-state index contributed by atoms with van der Waals surface area (Å²) in [6.45, 7) is 9.81. The van der Waals surface area contributed by atoms with E-state index in [2.05, 4.69) is 61.3 Å². The van der Waals surface area contributed by atoms with Crippen LogP contribution in [0.2, 0.25) is 0 Å². The third-order valence-corrected chi connectivity index (χ3v) is 8.91. The summed E-state index contributed by atoms with van der Waals surface area (Å²) in [7, 11) is 0. The van der Waals surface area contributed by atoms with Crippen molar-refractivity contribution in [2.24, 2.45) is 11.3 Å². The number of pyridine rings is 1. The molecule has 0 saturated heterocycles. The first-order valence-corrected chi connectivity index (χ1v) is 13.1. The molecule has 2 aliphatic carbocycles. The second kappa shape index (κ2) is 8.54. The maximum atomic E-state index is 14.5. The van der Waals surface area contributed by atoms with E-state index in [0.29, 0.717) is 5.92 Å². The Balaban J connectivity index is 1.43. The van der Waals surface area contributed by atoms with Crippen molar-refractivity contribution in [3.8, 4) is 22.5 Å². The van der Waals surface area contributed by atoms with Crippen LogP contribution in [0.3, 0.4) is 0 Å². The highest BCUT2D eigenvalue weighted by molar-refractivity contribution is 5.65. The average Bonchev–Trinajstić information content (AvgIpc) is 3.51. The van der Waals surface area contributed by atoms with Crippen LogP contribution in [0.4, 0.5) is 8.78 Å². The van der Waals surface area contributed by atoms with Gasteiger partial charge in [0.05, 0.1) is 40.0 Å². The first kappa shape index (κ1) is 23.9. The first-order chi connectivity index (χ1) is 17.8. The van der Waals surface area contributed by atoms with Crippen molar-refractivity contribution in [1.29, 1.82) is 0 Å². The van der Waals surface area contributed by atoms with Gasteiger partial charge in [0.1, 0.15) is 11.6 Å². The molecule has 2 bridgehead atoms. The number of fused-ring (bicyclic) bond motifs is 5. The van der Waals surface area contributed by atoms with Crippen molar-refractivity contribution in [1.82, 2.24) is 25.0 Å². The van der Waals surface area contributed by atoms with Crippen LogP contribution < -0.4 is 0 Å². The van der Waals surface area contributed by atoms with Gasteiger partial charge in [0.15, 0.2) is 0 Å². The van der Waals surface area contributed by atoms with Crippen LogP contribution in [0, 0.1) is 23.0 Å². The molecule has 7 heteroatoms. The highest BCUT2D eigenvalue weighted by atomic mass is 19.1. The molecule has 37 heavy (non-hydrogen) atoms. The molecule has 3 heterocycles. The number of hydrogen-bond acceptors (Lipinski definition) is 4. The Bertz CT molecular complexity index is 1470. The first-order valence-electron chi connectivity index (χ1n) is 13.1. The molecule has 5 nitrogen and oxygen atoms in total. The zero-order chi connectivity index (χ0) is 25.9. The van der Waals surface area contributed by atoms with Crippen molar-refractivity contribution in [2.45, 2.75) is 64.8 Å². The molecule has 3 aromatic heterocycles. The molecule has 1 aromatic carbocycles. The smallest absolute Gasteiger partial charge is 0.135 e. The molecule has 4 aromatic rings. The quantitative estimate of drug-likeness (QED) is 0.289. The summed E-state index contributed by atoms with van der Waals surface area (Å²) < 4.78 is 31.1. The lowest BCUT2D eigenvalue weighted by molar-refractivity contribution is 0.243. The summed E-state index contributed by atoms with van der Waals surface area (Å²) in [5.41, 5.74) is 4.26. The van der Waals surface area contributed by atoms with Gasteiger partial charge in [-0.25, -0.2) is 8.78 Å². The topological polar surface area (TPSA) is 56.5 Å². The zero-order valence-electron chi connectivity index (χ0n) is 21.7. The Morgan fingerprint density at radius 1 is 1.05 bits per heavy atom. The molecular weight excluding hydrogens is 468 g/mol. The molecule has 6 rings (SSSR count). The van der Waals surface area contributed by atoms with E-state index in [1.807, 2.05) is 23.0 Å². The Kier molecular flexibility index (Phi) is 5.51. The van der Waals surface area contributed by atoms with E-state index in [-0.39, 0.29) is 22.6 Å². The maximum Gasteiger partial charge on any atom is 0.135 e. The standard InChI is InChI=1S/C30H31F2N5/c1-5-18(2)16-37-17-19(15-33-37)24-10-7-11-26(34-24)30-13-12-21(29(30,3)4)20-14-25(35-36-28(20)30)27-22(31)8-6-9-23(27)32/h6-11,14-15,17-18,21H,5,12-13,16H2,1-4H3/t18-,21-,30-/m0/s1. The van der Waals surface area contributed by atoms with E-state index < -0.39 is 17.0 Å². The Hall–Kier alpha value is -3.48. The monoisotopic (exact) mass is 499 g/mol. The molecule has 2 aliphatic rings. The van der Waals surface area contributed by atoms with E-state index >= 15 is 0 Å². The summed E-state index contributed by atoms with van der Waals surface area (Å²) in [5, 5.41) is 13.6. The molecule has 3 atom stereocenters. The van der Waals surface area contributed by atoms with Gasteiger partial charge in [-0.05, 0) is 66.0 Å². The second-order valence-electron chi connectivity index (χ2n) is 11.2. The molecular formula is C30H31F2N5. The van der Waals surface area contributed by atoms with Gasteiger partial charge in [0, 0.05) is 18.3 Å². The van der Waals surface area contributed by atoms with Gasteiger partial charge >= 0.3 is 0 Å². The number of benzene rings is 1. The fourth-order valence-electron chi connectivity index (χ4n) is 6.63. The van der Waals surface area contributed by atoms with Gasteiger partial charge in [-0.15, -0.1) is 5.10 Å². The molecule has 0 unspecified atom stereocenters. The number of rotatable bonds is 6. The van der Waals surface area contributed by atoms with Gasteiger partial charge in [-0.2, -0.15) is 10.2 Å². The molecule has 0 spiro atoms. The predicted octanol–water partition coefficient (Wildman–Crippen LogP) is 6.93. The van der Waals surface area contributed by atoms with E-state index in [4.69, 9.17) is 4.98 Å². The Morgan fingerprint density at radius 2 is 1.81 bits per heavy atom. The summed E-state index contributed by atoms with van der Waals surface area (Å²) in [6.07, 6.45) is 6.92. The minimum atomic E-state index is -0.630. The number of aromatic nitrogens is 5. The molecule has 0 amide bonds. The van der Waals surface area contributed by atoms with Crippen LogP contribution >= 0.6 is 0 Å². The lowest BCUT2D eigenvalue weighted by Crippen LogP contribution is -2.37. The van der Waals surface area contributed by atoms with Crippen molar-refractivity contribution in [3.05, 3.63) is 83.4 Å². The van der Waals surface area contributed by atoms with Crippen LogP contribution in [0.1, 0.15) is 69.8 Å². The van der Waals surface area contributed by atoms with E-state index in [1.54, 1.807) is 0 Å². The van der Waals surface area contributed by atoms with Crippen LogP contribution in [0.25, 0.3) is 22.5 Å². The predicted molar refractivity (Wildman–Crippen MR) is 139 cm³/mol. The number of halogens is 2.